The number of anilines is 1. The summed E-state index contributed by atoms with van der Waals surface area (Å²) < 4.78 is 0. The maximum Gasteiger partial charge on any atom is 0.215 e. The van der Waals surface area contributed by atoms with E-state index < -0.39 is 0 Å². The maximum absolute atomic E-state index is 4.43. The third-order valence-electron chi connectivity index (χ3n) is 1.85. The average Bonchev–Trinajstić information content (AvgIpc) is 2.29. The van der Waals surface area contributed by atoms with E-state index in [0.29, 0.717) is 0 Å². The van der Waals surface area contributed by atoms with Crippen LogP contribution < -0.4 is 10.8 Å². The van der Waals surface area contributed by atoms with E-state index in [-0.39, 0.29) is 5.41 Å². The van der Waals surface area contributed by atoms with Crippen molar-refractivity contribution in [3.63, 3.8) is 0 Å². The summed E-state index contributed by atoms with van der Waals surface area (Å²) in [6, 6.07) is 0. The van der Waals surface area contributed by atoms with Gasteiger partial charge in [-0.05, 0) is 0 Å². The third-order valence-corrected chi connectivity index (χ3v) is 1.85. The molecule has 3 nitrogen and oxygen atoms in total. The number of rotatable bonds is 1. The molecule has 0 radical (unpaired) electrons. The smallest absolute Gasteiger partial charge is 0.215 e. The van der Waals surface area contributed by atoms with Crippen LogP contribution in [0.1, 0.15) is 26.6 Å². The Bertz CT molecular complexity index is 275. The van der Waals surface area contributed by atoms with E-state index in [1.54, 1.807) is 0 Å². The molecule has 2 N–H and O–H groups in total. The van der Waals surface area contributed by atoms with Crippen LogP contribution in [0.5, 0.6) is 0 Å². The molecule has 0 saturated carbocycles. The SMILES string of the molecule is BNc1[nH]c(C(C)(C)C)nc1B. The third kappa shape index (κ3) is 1.65. The molecule has 0 aliphatic heterocycles. The number of hydrogen-bond acceptors (Lipinski definition) is 2. The Labute approximate surface area is 75.2 Å². The molecule has 0 atom stereocenters. The molecule has 64 valence electrons. The number of nitrogens with one attached hydrogen (secondary N) is 2. The van der Waals surface area contributed by atoms with E-state index in [0.717, 1.165) is 17.2 Å². The molecular weight excluding hydrogens is 148 g/mol. The second-order valence-corrected chi connectivity index (χ2v) is 4.05. The molecule has 0 fully saturated rings. The van der Waals surface area contributed by atoms with Gasteiger partial charge in [-0.3, -0.25) is 0 Å². The first-order valence-electron chi connectivity index (χ1n) is 4.20. The van der Waals surface area contributed by atoms with E-state index in [4.69, 9.17) is 0 Å². The zero-order valence-corrected chi connectivity index (χ0v) is 8.45. The molecule has 1 heterocycles. The van der Waals surface area contributed by atoms with E-state index in [1.807, 2.05) is 15.8 Å². The molecule has 12 heavy (non-hydrogen) atoms. The number of aromatic nitrogens is 2. The zero-order valence-electron chi connectivity index (χ0n) is 8.45. The van der Waals surface area contributed by atoms with Gasteiger partial charge in [0.2, 0.25) is 7.98 Å². The van der Waals surface area contributed by atoms with Gasteiger partial charge in [0.1, 0.15) is 11.6 Å². The predicted molar refractivity (Wildman–Crippen MR) is 57.6 cm³/mol. The van der Waals surface area contributed by atoms with Gasteiger partial charge in [-0.1, -0.05) is 20.8 Å². The van der Waals surface area contributed by atoms with Crippen LogP contribution in [-0.2, 0) is 5.41 Å². The fraction of sp³-hybridized carbons (Fsp3) is 0.571. The lowest BCUT2D eigenvalue weighted by Gasteiger charge is -2.14. The normalized spacial score (nSPS) is 11.6. The van der Waals surface area contributed by atoms with Crippen LogP contribution in [0.2, 0.25) is 0 Å². The van der Waals surface area contributed by atoms with Gasteiger partial charge >= 0.3 is 0 Å². The minimum absolute atomic E-state index is 0.0971. The Morgan fingerprint density at radius 2 is 2.00 bits per heavy atom. The molecule has 0 spiro atoms. The second kappa shape index (κ2) is 2.88. The molecule has 0 aliphatic rings. The lowest BCUT2D eigenvalue weighted by molar-refractivity contribution is 0.553. The Kier molecular flexibility index (Phi) is 2.22. The molecular formula is C7H15B2N3. The van der Waals surface area contributed by atoms with Crippen LogP contribution in [0.3, 0.4) is 0 Å². The quantitative estimate of drug-likeness (QED) is 0.517. The Hall–Kier alpha value is -0.860. The summed E-state index contributed by atoms with van der Waals surface area (Å²) in [5, 5.41) is 3.07. The number of nitrogens with zero attached hydrogens (tertiary/aromatic N) is 1. The minimum atomic E-state index is 0.0971. The molecule has 1 aromatic rings. The van der Waals surface area contributed by atoms with Gasteiger partial charge in [-0.25, -0.2) is 4.98 Å². The summed E-state index contributed by atoms with van der Waals surface area (Å²) in [6.45, 7) is 6.43. The molecule has 0 saturated heterocycles. The fourth-order valence-corrected chi connectivity index (χ4v) is 1.06. The number of aromatic amines is 1. The van der Waals surface area contributed by atoms with Crippen molar-refractivity contribution in [2.24, 2.45) is 0 Å². The highest BCUT2D eigenvalue weighted by Gasteiger charge is 2.18. The maximum atomic E-state index is 4.43. The molecule has 0 bridgehead atoms. The second-order valence-electron chi connectivity index (χ2n) is 4.05. The summed E-state index contributed by atoms with van der Waals surface area (Å²) in [5.74, 6) is 2.05. The van der Waals surface area contributed by atoms with Gasteiger partial charge in [0.05, 0.1) is 0 Å². The summed E-state index contributed by atoms with van der Waals surface area (Å²) in [6.07, 6.45) is 0. The molecule has 1 rings (SSSR count). The van der Waals surface area contributed by atoms with Crippen LogP contribution in [0, 0.1) is 0 Å². The van der Waals surface area contributed by atoms with E-state index in [1.165, 1.54) is 0 Å². The van der Waals surface area contributed by atoms with Crippen LogP contribution >= 0.6 is 0 Å². The van der Waals surface area contributed by atoms with Crippen LogP contribution in [0.25, 0.3) is 0 Å². The van der Waals surface area contributed by atoms with Crippen molar-refractivity contribution >= 4 is 27.2 Å². The van der Waals surface area contributed by atoms with Gasteiger partial charge in [0.25, 0.3) is 0 Å². The van der Waals surface area contributed by atoms with Gasteiger partial charge in [0.15, 0.2) is 7.85 Å². The van der Waals surface area contributed by atoms with Crippen molar-refractivity contribution in [3.8, 4) is 0 Å². The van der Waals surface area contributed by atoms with Gasteiger partial charge in [-0.2, -0.15) is 0 Å². The lowest BCUT2D eigenvalue weighted by Crippen LogP contribution is -2.15. The van der Waals surface area contributed by atoms with E-state index in [2.05, 4.69) is 36.0 Å². The minimum Gasteiger partial charge on any atom is -0.420 e. The highest BCUT2D eigenvalue weighted by atomic mass is 15.0. The monoisotopic (exact) mass is 163 g/mol. The van der Waals surface area contributed by atoms with Crippen molar-refractivity contribution in [1.29, 1.82) is 0 Å². The zero-order chi connectivity index (χ0) is 9.35. The molecule has 0 amide bonds. The lowest BCUT2D eigenvalue weighted by atomic mass is 9.96. The summed E-state index contributed by atoms with van der Waals surface area (Å²) >= 11 is 0. The molecule has 5 heteroatoms. The summed E-state index contributed by atoms with van der Waals surface area (Å²) in [5.41, 5.74) is 1.13. The summed E-state index contributed by atoms with van der Waals surface area (Å²) in [7, 11) is 3.89. The van der Waals surface area contributed by atoms with Crippen molar-refractivity contribution in [1.82, 2.24) is 9.97 Å². The molecule has 0 unspecified atom stereocenters. The van der Waals surface area contributed by atoms with Crippen LogP contribution in [-0.4, -0.2) is 25.8 Å². The van der Waals surface area contributed by atoms with Crippen molar-refractivity contribution in [3.05, 3.63) is 5.82 Å². The highest BCUT2D eigenvalue weighted by molar-refractivity contribution is 6.35. The first-order valence-corrected chi connectivity index (χ1v) is 4.20. The van der Waals surface area contributed by atoms with Crippen LogP contribution in [0.4, 0.5) is 5.82 Å². The topological polar surface area (TPSA) is 40.7 Å². The average molecular weight is 163 g/mol. The van der Waals surface area contributed by atoms with Gasteiger partial charge in [-0.15, -0.1) is 0 Å². The van der Waals surface area contributed by atoms with E-state index in [9.17, 15) is 0 Å². The molecule has 1 aromatic heterocycles. The number of H-pyrrole nitrogens is 1. The Balaban J connectivity index is 3.05. The molecule has 0 aliphatic carbocycles. The Morgan fingerprint density at radius 1 is 1.42 bits per heavy atom. The molecule has 0 aromatic carbocycles. The number of imidazole rings is 1. The van der Waals surface area contributed by atoms with Crippen molar-refractivity contribution in [2.45, 2.75) is 26.2 Å². The summed E-state index contributed by atoms with van der Waals surface area (Å²) in [4.78, 5) is 7.68. The van der Waals surface area contributed by atoms with Crippen molar-refractivity contribution < 1.29 is 0 Å². The van der Waals surface area contributed by atoms with Gasteiger partial charge in [0, 0.05) is 11.0 Å². The standard InChI is InChI=1S/C7H15B2N3/c1-7(2,3)6-10-4(8)5(11-6)12-9/h12H,8-9H2,1-3H3,(H,10,11). The largest absolute Gasteiger partial charge is 0.420 e. The fourth-order valence-electron chi connectivity index (χ4n) is 1.06. The van der Waals surface area contributed by atoms with E-state index >= 15 is 0 Å². The van der Waals surface area contributed by atoms with Crippen molar-refractivity contribution in [2.75, 3.05) is 5.23 Å². The van der Waals surface area contributed by atoms with Gasteiger partial charge < -0.3 is 10.2 Å². The van der Waals surface area contributed by atoms with Crippen LogP contribution in [0.15, 0.2) is 0 Å². The first kappa shape index (κ1) is 9.23. The number of hydrogen-bond donors (Lipinski definition) is 2. The predicted octanol–water partition coefficient (Wildman–Crippen LogP) is -1.07. The highest BCUT2D eigenvalue weighted by Crippen LogP contribution is 2.18. The first-order chi connectivity index (χ1) is 5.45. The Morgan fingerprint density at radius 3 is 2.25 bits per heavy atom.